The number of anilines is 1. The first-order valence-electron chi connectivity index (χ1n) is 8.05. The summed E-state index contributed by atoms with van der Waals surface area (Å²) >= 11 is 0. The minimum absolute atomic E-state index is 0.0747. The molecule has 0 unspecified atom stereocenters. The average molecular weight is 366 g/mol. The monoisotopic (exact) mass is 366 g/mol. The summed E-state index contributed by atoms with van der Waals surface area (Å²) in [5.74, 6) is -0.551. The largest absolute Gasteiger partial charge is 0.476 e. The predicted octanol–water partition coefficient (Wildman–Crippen LogP) is 4.49. The number of nitro groups is 1. The molecule has 7 heteroatoms. The molecule has 0 heterocycles. The van der Waals surface area contributed by atoms with E-state index in [0.29, 0.717) is 17.0 Å². The summed E-state index contributed by atoms with van der Waals surface area (Å²) in [7, 11) is 0. The molecule has 1 N–H and O–H groups in total. The molecule has 3 aromatic carbocycles. The molecule has 0 aliphatic carbocycles. The number of rotatable bonds is 6. The van der Waals surface area contributed by atoms with Gasteiger partial charge in [-0.05, 0) is 36.4 Å². The van der Waals surface area contributed by atoms with Gasteiger partial charge in [-0.25, -0.2) is 4.39 Å². The molecule has 0 aromatic heterocycles. The molecule has 0 spiro atoms. The van der Waals surface area contributed by atoms with Crippen LogP contribution in [0.25, 0.3) is 0 Å². The van der Waals surface area contributed by atoms with Crippen molar-refractivity contribution in [2.75, 3.05) is 5.32 Å². The highest BCUT2D eigenvalue weighted by Crippen LogP contribution is 2.25. The van der Waals surface area contributed by atoms with Crippen LogP contribution in [0.1, 0.15) is 11.7 Å². The molecule has 136 valence electrons. The minimum atomic E-state index is -0.988. The second kappa shape index (κ2) is 8.09. The van der Waals surface area contributed by atoms with Gasteiger partial charge in [-0.1, -0.05) is 30.3 Å². The van der Waals surface area contributed by atoms with Gasteiger partial charge in [-0.3, -0.25) is 14.9 Å². The van der Waals surface area contributed by atoms with E-state index in [9.17, 15) is 19.3 Å². The fourth-order valence-corrected chi connectivity index (χ4v) is 2.42. The number of hydrogen-bond acceptors (Lipinski definition) is 4. The van der Waals surface area contributed by atoms with E-state index >= 15 is 0 Å². The first kappa shape index (κ1) is 18.1. The van der Waals surface area contributed by atoms with Crippen molar-refractivity contribution >= 4 is 17.3 Å². The van der Waals surface area contributed by atoms with E-state index in [1.165, 1.54) is 48.5 Å². The molecule has 3 aromatic rings. The van der Waals surface area contributed by atoms with Crippen LogP contribution in [0.3, 0.4) is 0 Å². The molecule has 0 bridgehead atoms. The second-order valence-electron chi connectivity index (χ2n) is 5.66. The van der Waals surface area contributed by atoms with Gasteiger partial charge in [0.05, 0.1) is 4.92 Å². The second-order valence-corrected chi connectivity index (χ2v) is 5.66. The lowest BCUT2D eigenvalue weighted by Gasteiger charge is -2.19. The zero-order valence-corrected chi connectivity index (χ0v) is 14.0. The number of hydrogen-bond donors (Lipinski definition) is 1. The van der Waals surface area contributed by atoms with Crippen molar-refractivity contribution in [1.29, 1.82) is 0 Å². The van der Waals surface area contributed by atoms with Crippen molar-refractivity contribution in [3.05, 3.63) is 100 Å². The Hall–Kier alpha value is -3.74. The third kappa shape index (κ3) is 4.66. The number of halogens is 1. The Morgan fingerprint density at radius 3 is 2.19 bits per heavy atom. The summed E-state index contributed by atoms with van der Waals surface area (Å²) in [6.45, 7) is 0. The van der Waals surface area contributed by atoms with E-state index in [0.717, 1.165) is 0 Å². The Morgan fingerprint density at radius 2 is 1.59 bits per heavy atom. The Kier molecular flexibility index (Phi) is 5.41. The number of ether oxygens (including phenoxy) is 1. The molecule has 0 aliphatic heterocycles. The maximum atomic E-state index is 13.0. The van der Waals surface area contributed by atoms with E-state index in [2.05, 4.69) is 5.32 Å². The Bertz CT molecular complexity index is 928. The lowest BCUT2D eigenvalue weighted by atomic mass is 10.1. The summed E-state index contributed by atoms with van der Waals surface area (Å²) in [4.78, 5) is 23.0. The number of nitro benzene ring substituents is 1. The van der Waals surface area contributed by atoms with Crippen molar-refractivity contribution in [2.24, 2.45) is 0 Å². The predicted molar refractivity (Wildman–Crippen MR) is 97.9 cm³/mol. The van der Waals surface area contributed by atoms with Crippen LogP contribution in [0.15, 0.2) is 78.9 Å². The molecule has 0 radical (unpaired) electrons. The van der Waals surface area contributed by atoms with Crippen molar-refractivity contribution in [2.45, 2.75) is 6.10 Å². The van der Waals surface area contributed by atoms with Crippen molar-refractivity contribution in [3.63, 3.8) is 0 Å². The molecular weight excluding hydrogens is 351 g/mol. The number of carbonyl (C=O) groups is 1. The standard InChI is InChI=1S/C20H15FN2O4/c21-15-6-8-16(9-7-15)22-20(24)19(14-4-2-1-3-5-14)27-18-12-10-17(11-13-18)23(25)26/h1-13,19H,(H,22,24)/t19-/m1/s1. The fraction of sp³-hybridized carbons (Fsp3) is 0.0500. The summed E-state index contributed by atoms with van der Waals surface area (Å²) in [6, 6.07) is 19.7. The van der Waals surface area contributed by atoms with Gasteiger partial charge in [0.15, 0.2) is 0 Å². The van der Waals surface area contributed by atoms with E-state index in [4.69, 9.17) is 4.74 Å². The van der Waals surface area contributed by atoms with E-state index < -0.39 is 22.8 Å². The lowest BCUT2D eigenvalue weighted by molar-refractivity contribution is -0.384. The number of nitrogens with zero attached hydrogens (tertiary/aromatic N) is 1. The Labute approximate surface area is 154 Å². The van der Waals surface area contributed by atoms with Gasteiger partial charge in [0.25, 0.3) is 11.6 Å². The molecule has 6 nitrogen and oxygen atoms in total. The summed E-state index contributed by atoms with van der Waals surface area (Å²) in [6.07, 6.45) is -0.988. The van der Waals surface area contributed by atoms with Gasteiger partial charge in [-0.15, -0.1) is 0 Å². The van der Waals surface area contributed by atoms with Gasteiger partial charge in [-0.2, -0.15) is 0 Å². The van der Waals surface area contributed by atoms with Crippen molar-refractivity contribution in [1.82, 2.24) is 0 Å². The van der Waals surface area contributed by atoms with Crippen LogP contribution in [0.5, 0.6) is 5.75 Å². The van der Waals surface area contributed by atoms with Crippen LogP contribution < -0.4 is 10.1 Å². The summed E-state index contributed by atoms with van der Waals surface area (Å²) < 4.78 is 18.8. The molecule has 1 atom stereocenters. The lowest BCUT2D eigenvalue weighted by Crippen LogP contribution is -2.25. The highest BCUT2D eigenvalue weighted by molar-refractivity contribution is 5.95. The van der Waals surface area contributed by atoms with E-state index in [-0.39, 0.29) is 5.69 Å². The van der Waals surface area contributed by atoms with E-state index in [1.807, 2.05) is 6.07 Å². The van der Waals surface area contributed by atoms with Crippen molar-refractivity contribution in [3.8, 4) is 5.75 Å². The molecule has 0 saturated carbocycles. The third-order valence-corrected chi connectivity index (χ3v) is 3.75. The quantitative estimate of drug-likeness (QED) is 0.515. The number of amides is 1. The number of nitrogens with one attached hydrogen (secondary N) is 1. The number of benzene rings is 3. The van der Waals surface area contributed by atoms with Crippen LogP contribution in [-0.4, -0.2) is 10.8 Å². The van der Waals surface area contributed by atoms with Gasteiger partial charge < -0.3 is 10.1 Å². The molecule has 0 saturated heterocycles. The molecule has 1 amide bonds. The minimum Gasteiger partial charge on any atom is -0.476 e. The fourth-order valence-electron chi connectivity index (χ4n) is 2.42. The summed E-state index contributed by atoms with van der Waals surface area (Å²) in [5.41, 5.74) is 0.958. The number of carbonyl (C=O) groups excluding carboxylic acids is 1. The normalized spacial score (nSPS) is 11.4. The maximum absolute atomic E-state index is 13.0. The topological polar surface area (TPSA) is 81.5 Å². The third-order valence-electron chi connectivity index (χ3n) is 3.75. The van der Waals surface area contributed by atoms with Crippen LogP contribution >= 0.6 is 0 Å². The first-order chi connectivity index (χ1) is 13.0. The zero-order valence-electron chi connectivity index (χ0n) is 14.0. The Morgan fingerprint density at radius 1 is 0.963 bits per heavy atom. The van der Waals surface area contributed by atoms with Crippen LogP contribution in [-0.2, 0) is 4.79 Å². The van der Waals surface area contributed by atoms with Crippen LogP contribution in [0.2, 0.25) is 0 Å². The van der Waals surface area contributed by atoms with E-state index in [1.54, 1.807) is 24.3 Å². The van der Waals surface area contributed by atoms with Gasteiger partial charge in [0.1, 0.15) is 11.6 Å². The maximum Gasteiger partial charge on any atom is 0.270 e. The molecular formula is C20H15FN2O4. The van der Waals surface area contributed by atoms with Crippen LogP contribution in [0, 0.1) is 15.9 Å². The van der Waals surface area contributed by atoms with Gasteiger partial charge in [0.2, 0.25) is 6.10 Å². The zero-order chi connectivity index (χ0) is 19.2. The SMILES string of the molecule is O=C(Nc1ccc(F)cc1)[C@H](Oc1ccc([N+](=O)[O-])cc1)c1ccccc1. The average Bonchev–Trinajstić information content (AvgIpc) is 2.69. The molecule has 0 aliphatic rings. The molecule has 3 rings (SSSR count). The summed E-state index contributed by atoms with van der Waals surface area (Å²) in [5, 5.41) is 13.4. The van der Waals surface area contributed by atoms with Crippen LogP contribution in [0.4, 0.5) is 15.8 Å². The smallest absolute Gasteiger partial charge is 0.270 e. The van der Waals surface area contributed by atoms with Gasteiger partial charge in [0, 0.05) is 23.4 Å². The Balaban J connectivity index is 1.83. The highest BCUT2D eigenvalue weighted by atomic mass is 19.1. The molecule has 0 fully saturated rings. The first-order valence-corrected chi connectivity index (χ1v) is 8.05. The molecule has 27 heavy (non-hydrogen) atoms. The number of non-ortho nitro benzene ring substituents is 1. The van der Waals surface area contributed by atoms with Gasteiger partial charge >= 0.3 is 0 Å². The van der Waals surface area contributed by atoms with Crippen molar-refractivity contribution < 1.29 is 18.8 Å². The highest BCUT2D eigenvalue weighted by Gasteiger charge is 2.23.